The van der Waals surface area contributed by atoms with Crippen LogP contribution in [0.25, 0.3) is 27.1 Å². The highest BCUT2D eigenvalue weighted by Gasteiger charge is 2.23. The van der Waals surface area contributed by atoms with Crippen molar-refractivity contribution in [1.82, 2.24) is 24.4 Å². The molecule has 1 aliphatic rings. The number of carbonyl (C=O) groups is 1. The lowest BCUT2D eigenvalue weighted by molar-refractivity contribution is 0.139. The van der Waals surface area contributed by atoms with Gasteiger partial charge < -0.3 is 20.0 Å². The lowest BCUT2D eigenvalue weighted by atomic mass is 10.0. The van der Waals surface area contributed by atoms with E-state index in [4.69, 9.17) is 28.9 Å². The maximum atomic E-state index is 12.2. The fraction of sp³-hybridized carbons (Fsp3) is 0.400. The number of primary amides is 1. The summed E-state index contributed by atoms with van der Waals surface area (Å²) >= 11 is 6.52. The largest absolute Gasteiger partial charge is 0.350 e. The SMILES string of the molecule is [C-]#[N+]CCc1cc2c(/C=N/N(CC3CCCCN3C)C(N)=O)cc(-c3cncn3C)nc2cc1Cl. The zero-order valence-electron chi connectivity index (χ0n) is 20.0. The first kappa shape index (κ1) is 24.6. The second kappa shape index (κ2) is 10.8. The fourth-order valence-electron chi connectivity index (χ4n) is 4.43. The molecule has 10 heteroatoms. The maximum absolute atomic E-state index is 12.2. The number of hydrogen-bond donors (Lipinski definition) is 1. The van der Waals surface area contributed by atoms with Crippen LogP contribution in [0.2, 0.25) is 5.02 Å². The molecule has 3 aromatic rings. The van der Waals surface area contributed by atoms with E-state index in [-0.39, 0.29) is 6.04 Å². The second-order valence-electron chi connectivity index (χ2n) is 8.87. The number of aromatic nitrogens is 3. The molecule has 1 fully saturated rings. The van der Waals surface area contributed by atoms with Gasteiger partial charge in [-0.1, -0.05) is 18.0 Å². The van der Waals surface area contributed by atoms with Gasteiger partial charge in [-0.25, -0.2) is 26.3 Å². The van der Waals surface area contributed by atoms with Crippen LogP contribution in [0.5, 0.6) is 0 Å². The zero-order chi connectivity index (χ0) is 24.9. The summed E-state index contributed by atoms with van der Waals surface area (Å²) in [4.78, 5) is 26.9. The molecule has 0 radical (unpaired) electrons. The zero-order valence-corrected chi connectivity index (χ0v) is 20.7. The highest BCUT2D eigenvalue weighted by Crippen LogP contribution is 2.29. The Labute approximate surface area is 210 Å². The normalized spacial score (nSPS) is 16.6. The second-order valence-corrected chi connectivity index (χ2v) is 9.28. The fourth-order valence-corrected chi connectivity index (χ4v) is 4.68. The van der Waals surface area contributed by atoms with Crippen molar-refractivity contribution in [2.75, 3.05) is 26.7 Å². The first-order valence-electron chi connectivity index (χ1n) is 11.6. The summed E-state index contributed by atoms with van der Waals surface area (Å²) < 4.78 is 1.88. The molecule has 1 aromatic carbocycles. The molecule has 2 amide bonds. The highest BCUT2D eigenvalue weighted by atomic mass is 35.5. The van der Waals surface area contributed by atoms with E-state index >= 15 is 0 Å². The molecule has 2 aromatic heterocycles. The number of likely N-dealkylation sites (N-methyl/N-ethyl adjacent to an activating group) is 1. The van der Waals surface area contributed by atoms with Gasteiger partial charge in [0, 0.05) is 35.5 Å². The predicted molar refractivity (Wildman–Crippen MR) is 138 cm³/mol. The predicted octanol–water partition coefficient (Wildman–Crippen LogP) is 3.95. The minimum absolute atomic E-state index is 0.214. The number of benzene rings is 1. The van der Waals surface area contributed by atoms with E-state index in [0.717, 1.165) is 48.0 Å². The number of hydrogen-bond acceptors (Lipinski definition) is 5. The Hall–Kier alpha value is -3.48. The Morgan fingerprint density at radius 3 is 2.89 bits per heavy atom. The average Bonchev–Trinajstić information content (AvgIpc) is 3.26. The van der Waals surface area contributed by atoms with Gasteiger partial charge in [0.2, 0.25) is 6.54 Å². The van der Waals surface area contributed by atoms with E-state index in [0.29, 0.717) is 35.7 Å². The molecule has 35 heavy (non-hydrogen) atoms. The molecule has 0 saturated carbocycles. The van der Waals surface area contributed by atoms with Crippen molar-refractivity contribution < 1.29 is 4.79 Å². The molecule has 0 aliphatic carbocycles. The van der Waals surface area contributed by atoms with Gasteiger partial charge in [-0.2, -0.15) is 5.10 Å². The summed E-state index contributed by atoms with van der Waals surface area (Å²) in [6.45, 7) is 8.89. The number of rotatable bonds is 7. The lowest BCUT2D eigenvalue weighted by Gasteiger charge is -2.34. The standard InChI is InChI=1S/C25H29ClN8O/c1-28-8-7-17-10-20-18(13-30-34(25(27)35)15-19-6-4-5-9-32(19)2)11-23(24-14-29-16-33(24)3)31-22(20)12-21(17)26/h10-14,16,19H,4-9,15H2,2-3H3,(H2,27,35)/b30-13+. The Morgan fingerprint density at radius 2 is 2.20 bits per heavy atom. The number of nitrogens with two attached hydrogens (primary N) is 1. The third-order valence-corrected chi connectivity index (χ3v) is 6.83. The van der Waals surface area contributed by atoms with Gasteiger partial charge in [0.25, 0.3) is 0 Å². The van der Waals surface area contributed by atoms with Crippen LogP contribution in [-0.4, -0.2) is 69.4 Å². The molecule has 9 nitrogen and oxygen atoms in total. The number of pyridine rings is 1. The van der Waals surface area contributed by atoms with Gasteiger partial charge in [0.15, 0.2) is 0 Å². The van der Waals surface area contributed by atoms with Crippen molar-refractivity contribution in [3.05, 3.63) is 58.3 Å². The van der Waals surface area contributed by atoms with Crippen molar-refractivity contribution in [2.45, 2.75) is 31.7 Å². The number of halogens is 1. The lowest BCUT2D eigenvalue weighted by Crippen LogP contribution is -2.46. The van der Waals surface area contributed by atoms with E-state index in [9.17, 15) is 4.79 Å². The average molecular weight is 493 g/mol. The number of nitrogens with zero attached hydrogens (tertiary/aromatic N) is 7. The number of urea groups is 1. The van der Waals surface area contributed by atoms with Gasteiger partial charge in [-0.15, -0.1) is 0 Å². The van der Waals surface area contributed by atoms with Crippen LogP contribution < -0.4 is 5.73 Å². The van der Waals surface area contributed by atoms with Crippen molar-refractivity contribution in [3.63, 3.8) is 0 Å². The maximum Gasteiger partial charge on any atom is 0.335 e. The Balaban J connectivity index is 1.76. The molecule has 3 heterocycles. The molecule has 1 saturated heterocycles. The van der Waals surface area contributed by atoms with Crippen LogP contribution in [0.3, 0.4) is 0 Å². The summed E-state index contributed by atoms with van der Waals surface area (Å²) in [6, 6.07) is 5.31. The summed E-state index contributed by atoms with van der Waals surface area (Å²) in [5.74, 6) is 0. The summed E-state index contributed by atoms with van der Waals surface area (Å²) in [7, 11) is 3.97. The summed E-state index contributed by atoms with van der Waals surface area (Å²) in [6.07, 6.45) is 8.94. The minimum atomic E-state index is -0.591. The third kappa shape index (κ3) is 5.61. The van der Waals surface area contributed by atoms with Gasteiger partial charge in [-0.05, 0) is 50.2 Å². The van der Waals surface area contributed by atoms with Crippen molar-refractivity contribution in [2.24, 2.45) is 17.9 Å². The van der Waals surface area contributed by atoms with E-state index < -0.39 is 6.03 Å². The quantitative estimate of drug-likeness (QED) is 0.307. The summed E-state index contributed by atoms with van der Waals surface area (Å²) in [5.41, 5.74) is 9.57. The van der Waals surface area contributed by atoms with Crippen molar-refractivity contribution in [1.29, 1.82) is 0 Å². The van der Waals surface area contributed by atoms with Gasteiger partial charge in [-0.3, -0.25) is 0 Å². The Morgan fingerprint density at radius 1 is 1.37 bits per heavy atom. The number of carbonyl (C=O) groups excluding carboxylic acids is 1. The highest BCUT2D eigenvalue weighted by molar-refractivity contribution is 6.32. The number of aryl methyl sites for hydroxylation is 1. The van der Waals surface area contributed by atoms with Gasteiger partial charge in [0.05, 0.1) is 42.2 Å². The van der Waals surface area contributed by atoms with Crippen LogP contribution in [0.1, 0.15) is 30.4 Å². The van der Waals surface area contributed by atoms with Crippen LogP contribution in [0.4, 0.5) is 4.79 Å². The number of likely N-dealkylation sites (tertiary alicyclic amines) is 1. The van der Waals surface area contributed by atoms with E-state index in [2.05, 4.69) is 26.9 Å². The molecular formula is C25H29ClN8O. The molecule has 0 spiro atoms. The first-order chi connectivity index (χ1) is 16.9. The summed E-state index contributed by atoms with van der Waals surface area (Å²) in [5, 5.41) is 7.24. The Kier molecular flexibility index (Phi) is 7.63. The van der Waals surface area contributed by atoms with Crippen molar-refractivity contribution >= 4 is 34.7 Å². The molecule has 1 atom stereocenters. The topological polar surface area (TPSA) is 97.0 Å². The number of fused-ring (bicyclic) bond motifs is 1. The molecule has 1 aliphatic heterocycles. The van der Waals surface area contributed by atoms with Crippen LogP contribution in [0, 0.1) is 6.57 Å². The van der Waals surface area contributed by atoms with Gasteiger partial charge in [0.1, 0.15) is 0 Å². The monoisotopic (exact) mass is 492 g/mol. The van der Waals surface area contributed by atoms with Crippen LogP contribution in [0.15, 0.2) is 35.8 Å². The van der Waals surface area contributed by atoms with Crippen molar-refractivity contribution in [3.8, 4) is 11.4 Å². The molecule has 0 bridgehead atoms. The van der Waals surface area contributed by atoms with E-state index in [1.54, 1.807) is 18.7 Å². The number of piperidine rings is 1. The first-order valence-corrected chi connectivity index (χ1v) is 12.0. The van der Waals surface area contributed by atoms with Crippen LogP contribution in [-0.2, 0) is 13.5 Å². The molecule has 2 N–H and O–H groups in total. The molecule has 1 unspecified atom stereocenters. The molecule has 182 valence electrons. The number of hydrazone groups is 1. The van der Waals surface area contributed by atoms with Crippen LogP contribution >= 0.6 is 11.6 Å². The minimum Gasteiger partial charge on any atom is -0.350 e. The van der Waals surface area contributed by atoms with E-state index in [1.807, 2.05) is 29.8 Å². The third-order valence-electron chi connectivity index (χ3n) is 6.48. The Bertz CT molecular complexity index is 1290. The van der Waals surface area contributed by atoms with Gasteiger partial charge >= 0.3 is 6.03 Å². The molecular weight excluding hydrogens is 464 g/mol. The number of amides is 2. The van der Waals surface area contributed by atoms with E-state index in [1.165, 1.54) is 5.01 Å². The molecule has 4 rings (SSSR count). The smallest absolute Gasteiger partial charge is 0.335 e. The number of imidazole rings is 1.